The lowest BCUT2D eigenvalue weighted by Gasteiger charge is -2.30. The number of rotatable bonds is 5. The Balaban J connectivity index is 1.61. The summed E-state index contributed by atoms with van der Waals surface area (Å²) >= 11 is 0. The van der Waals surface area contributed by atoms with Crippen molar-refractivity contribution in [2.75, 3.05) is 13.3 Å². The monoisotopic (exact) mass is 357 g/mol. The van der Waals surface area contributed by atoms with E-state index in [1.807, 2.05) is 0 Å². The predicted octanol–water partition coefficient (Wildman–Crippen LogP) is 3.23. The smallest absolute Gasteiger partial charge is 0.175 e. The van der Waals surface area contributed by atoms with Crippen molar-refractivity contribution in [1.82, 2.24) is 4.90 Å². The van der Waals surface area contributed by atoms with Gasteiger partial charge in [-0.3, -0.25) is 4.90 Å². The molecule has 2 unspecified atom stereocenters. The molecule has 2 aromatic rings. The third-order valence-electron chi connectivity index (χ3n) is 5.30. The van der Waals surface area contributed by atoms with Crippen LogP contribution in [0, 0.1) is 0 Å². The summed E-state index contributed by atoms with van der Waals surface area (Å²) in [6.07, 6.45) is 4.72. The number of fused-ring (bicyclic) bond motifs is 1. The molecule has 0 aromatic heterocycles. The zero-order valence-electron chi connectivity index (χ0n) is 14.6. The molecule has 2 aromatic carbocycles. The fraction of sp³-hybridized carbons (Fsp3) is 0.400. The van der Waals surface area contributed by atoms with E-state index in [2.05, 4.69) is 36.2 Å². The first-order valence-electron chi connectivity index (χ1n) is 8.70. The van der Waals surface area contributed by atoms with Crippen molar-refractivity contribution < 1.29 is 13.2 Å². The molecule has 1 saturated carbocycles. The number of nitrogens with zero attached hydrogens (tertiary/aromatic N) is 1. The van der Waals surface area contributed by atoms with Crippen molar-refractivity contribution >= 4 is 9.84 Å². The summed E-state index contributed by atoms with van der Waals surface area (Å²) in [6.45, 7) is 0. The SMILES string of the molecule is CN(C1CC1)C1Cc2ccccc2C1Oc1ccc(S(C)(=O)=O)cc1. The average Bonchev–Trinajstić information content (AvgIpc) is 3.37. The Kier molecular flexibility index (Phi) is 4.08. The lowest BCUT2D eigenvalue weighted by atomic mass is 10.1. The van der Waals surface area contributed by atoms with E-state index in [9.17, 15) is 8.42 Å². The highest BCUT2D eigenvalue weighted by atomic mass is 32.2. The topological polar surface area (TPSA) is 46.6 Å². The summed E-state index contributed by atoms with van der Waals surface area (Å²) in [4.78, 5) is 2.77. The molecular weight excluding hydrogens is 334 g/mol. The molecule has 0 saturated heterocycles. The van der Waals surface area contributed by atoms with E-state index >= 15 is 0 Å². The molecule has 0 radical (unpaired) electrons. The maximum Gasteiger partial charge on any atom is 0.175 e. The second-order valence-electron chi connectivity index (χ2n) is 7.15. The minimum atomic E-state index is -3.19. The van der Waals surface area contributed by atoms with Gasteiger partial charge in [-0.2, -0.15) is 0 Å². The molecule has 0 aliphatic heterocycles. The highest BCUT2D eigenvalue weighted by Crippen LogP contribution is 2.41. The standard InChI is InChI=1S/C20H23NO3S/c1-21(15-7-8-15)19-13-14-5-3-4-6-18(14)20(19)24-16-9-11-17(12-10-16)25(2,22)23/h3-6,9-12,15,19-20H,7-8,13H2,1-2H3. The van der Waals surface area contributed by atoms with E-state index in [1.54, 1.807) is 24.3 Å². The number of likely N-dealkylation sites (N-methyl/N-ethyl adjacent to an activating group) is 1. The van der Waals surface area contributed by atoms with E-state index in [0.29, 0.717) is 22.7 Å². The van der Waals surface area contributed by atoms with Gasteiger partial charge in [0.15, 0.2) is 9.84 Å². The Morgan fingerprint density at radius 3 is 2.36 bits per heavy atom. The summed E-state index contributed by atoms with van der Waals surface area (Å²) in [5.41, 5.74) is 2.59. The summed E-state index contributed by atoms with van der Waals surface area (Å²) in [5.74, 6) is 0.711. The van der Waals surface area contributed by atoms with Gasteiger partial charge in [-0.1, -0.05) is 24.3 Å². The fourth-order valence-corrected chi connectivity index (χ4v) is 4.33. The van der Waals surface area contributed by atoms with Gasteiger partial charge in [0.25, 0.3) is 0 Å². The minimum absolute atomic E-state index is 0.0223. The van der Waals surface area contributed by atoms with Gasteiger partial charge in [0.1, 0.15) is 11.9 Å². The highest BCUT2D eigenvalue weighted by molar-refractivity contribution is 7.90. The van der Waals surface area contributed by atoms with Crippen LogP contribution in [0.1, 0.15) is 30.1 Å². The third-order valence-corrected chi connectivity index (χ3v) is 6.43. The van der Waals surface area contributed by atoms with Gasteiger partial charge >= 0.3 is 0 Å². The molecule has 4 nitrogen and oxygen atoms in total. The highest BCUT2D eigenvalue weighted by Gasteiger charge is 2.41. The van der Waals surface area contributed by atoms with Gasteiger partial charge in [-0.25, -0.2) is 8.42 Å². The number of hydrogen-bond donors (Lipinski definition) is 0. The summed E-state index contributed by atoms with van der Waals surface area (Å²) in [5, 5.41) is 0. The molecule has 2 atom stereocenters. The molecule has 1 fully saturated rings. The van der Waals surface area contributed by atoms with Crippen molar-refractivity contribution in [2.24, 2.45) is 0 Å². The molecule has 5 heteroatoms. The Morgan fingerprint density at radius 1 is 1.04 bits per heavy atom. The van der Waals surface area contributed by atoms with Crippen molar-refractivity contribution in [3.8, 4) is 5.75 Å². The molecule has 0 amide bonds. The van der Waals surface area contributed by atoms with Crippen LogP contribution in [0.2, 0.25) is 0 Å². The first-order chi connectivity index (χ1) is 11.9. The van der Waals surface area contributed by atoms with Crippen LogP contribution >= 0.6 is 0 Å². The zero-order chi connectivity index (χ0) is 17.6. The molecule has 2 aliphatic rings. The second-order valence-corrected chi connectivity index (χ2v) is 9.16. The van der Waals surface area contributed by atoms with Gasteiger partial charge in [0, 0.05) is 12.3 Å². The van der Waals surface area contributed by atoms with Gasteiger partial charge in [0.05, 0.1) is 10.9 Å². The Labute approximate surface area is 149 Å². The fourth-order valence-electron chi connectivity index (χ4n) is 3.70. The number of hydrogen-bond acceptors (Lipinski definition) is 4. The van der Waals surface area contributed by atoms with Crippen LogP contribution < -0.4 is 4.74 Å². The second kappa shape index (κ2) is 6.15. The molecule has 0 bridgehead atoms. The van der Waals surface area contributed by atoms with Crippen molar-refractivity contribution in [1.29, 1.82) is 0 Å². The van der Waals surface area contributed by atoms with E-state index in [0.717, 1.165) is 6.42 Å². The first kappa shape index (κ1) is 16.6. The predicted molar refractivity (Wildman–Crippen MR) is 97.6 cm³/mol. The molecule has 25 heavy (non-hydrogen) atoms. The Hall–Kier alpha value is -1.85. The van der Waals surface area contributed by atoms with Crippen LogP contribution in [0.3, 0.4) is 0 Å². The lowest BCUT2D eigenvalue weighted by Crippen LogP contribution is -2.38. The van der Waals surface area contributed by atoms with Gasteiger partial charge in [-0.05, 0) is 61.7 Å². The molecule has 132 valence electrons. The molecule has 0 spiro atoms. The molecule has 2 aliphatic carbocycles. The van der Waals surface area contributed by atoms with Crippen LogP contribution in [0.25, 0.3) is 0 Å². The summed E-state index contributed by atoms with van der Waals surface area (Å²) in [6, 6.07) is 16.2. The van der Waals surface area contributed by atoms with Crippen LogP contribution in [0.5, 0.6) is 5.75 Å². The summed E-state index contributed by atoms with van der Waals surface area (Å²) in [7, 11) is -0.995. The number of ether oxygens (including phenoxy) is 1. The van der Waals surface area contributed by atoms with Crippen LogP contribution in [-0.4, -0.2) is 38.7 Å². The van der Waals surface area contributed by atoms with E-state index in [4.69, 9.17) is 4.74 Å². The van der Waals surface area contributed by atoms with Gasteiger partial charge in [0.2, 0.25) is 0 Å². The Bertz CT molecular complexity index is 872. The van der Waals surface area contributed by atoms with E-state index in [-0.39, 0.29) is 6.10 Å². The lowest BCUT2D eigenvalue weighted by molar-refractivity contribution is 0.0904. The number of benzene rings is 2. The van der Waals surface area contributed by atoms with Gasteiger partial charge in [-0.15, -0.1) is 0 Å². The third kappa shape index (κ3) is 3.31. The largest absolute Gasteiger partial charge is 0.484 e. The van der Waals surface area contributed by atoms with Crippen molar-refractivity contribution in [3.05, 3.63) is 59.7 Å². The van der Waals surface area contributed by atoms with E-state index in [1.165, 1.54) is 30.2 Å². The first-order valence-corrected chi connectivity index (χ1v) is 10.6. The molecule has 4 rings (SSSR count). The van der Waals surface area contributed by atoms with Crippen molar-refractivity contribution in [3.63, 3.8) is 0 Å². The maximum absolute atomic E-state index is 11.6. The van der Waals surface area contributed by atoms with Crippen LogP contribution in [-0.2, 0) is 16.3 Å². The maximum atomic E-state index is 11.6. The van der Waals surface area contributed by atoms with Crippen molar-refractivity contribution in [2.45, 2.75) is 42.3 Å². The zero-order valence-corrected chi connectivity index (χ0v) is 15.4. The van der Waals surface area contributed by atoms with Crippen LogP contribution in [0.15, 0.2) is 53.4 Å². The average molecular weight is 357 g/mol. The number of sulfone groups is 1. The molecule has 0 heterocycles. The Morgan fingerprint density at radius 2 is 1.72 bits per heavy atom. The minimum Gasteiger partial charge on any atom is -0.484 e. The van der Waals surface area contributed by atoms with Gasteiger partial charge < -0.3 is 4.74 Å². The molecular formula is C20H23NO3S. The van der Waals surface area contributed by atoms with E-state index < -0.39 is 9.84 Å². The molecule has 0 N–H and O–H groups in total. The quantitative estimate of drug-likeness (QED) is 0.824. The van der Waals surface area contributed by atoms with Crippen LogP contribution in [0.4, 0.5) is 0 Å². The normalized spacial score (nSPS) is 22.8. The summed E-state index contributed by atoms with van der Waals surface area (Å²) < 4.78 is 29.6.